The molecule has 2 heterocycles. The van der Waals surface area contributed by atoms with Gasteiger partial charge in [0.1, 0.15) is 11.5 Å². The van der Waals surface area contributed by atoms with Crippen LogP contribution >= 0.6 is 11.3 Å². The number of aromatic nitrogens is 1. The summed E-state index contributed by atoms with van der Waals surface area (Å²) in [6.45, 7) is 1.10. The third-order valence-corrected chi connectivity index (χ3v) is 7.98. The first-order chi connectivity index (χ1) is 14.9. The summed E-state index contributed by atoms with van der Waals surface area (Å²) < 4.78 is 38.5. The van der Waals surface area contributed by atoms with Gasteiger partial charge in [-0.05, 0) is 43.2 Å². The zero-order valence-corrected chi connectivity index (χ0v) is 18.9. The Morgan fingerprint density at radius 3 is 2.35 bits per heavy atom. The highest BCUT2D eigenvalue weighted by Gasteiger charge is 2.26. The van der Waals surface area contributed by atoms with Gasteiger partial charge in [0.05, 0.1) is 29.3 Å². The first-order valence-electron chi connectivity index (χ1n) is 9.86. The van der Waals surface area contributed by atoms with Crippen molar-refractivity contribution in [3.63, 3.8) is 0 Å². The predicted molar refractivity (Wildman–Crippen MR) is 120 cm³/mol. The molecule has 1 N–H and O–H groups in total. The van der Waals surface area contributed by atoms with E-state index >= 15 is 0 Å². The lowest BCUT2D eigenvalue weighted by Crippen LogP contribution is -2.35. The summed E-state index contributed by atoms with van der Waals surface area (Å²) in [5.74, 6) is 0.639. The Morgan fingerprint density at radius 1 is 1.03 bits per heavy atom. The Balaban J connectivity index is 1.58. The number of carbonyl (C=O) groups is 1. The van der Waals surface area contributed by atoms with Crippen LogP contribution in [-0.2, 0) is 10.0 Å². The maximum Gasteiger partial charge on any atom is 0.257 e. The maximum atomic E-state index is 12.9. The second-order valence-electron chi connectivity index (χ2n) is 7.17. The summed E-state index contributed by atoms with van der Waals surface area (Å²) in [5, 5.41) is 3.15. The lowest BCUT2D eigenvalue weighted by atomic mass is 10.2. The zero-order chi connectivity index (χ0) is 22.0. The van der Waals surface area contributed by atoms with E-state index in [-0.39, 0.29) is 10.8 Å². The molecule has 10 heteroatoms. The van der Waals surface area contributed by atoms with E-state index in [0.29, 0.717) is 45.5 Å². The average Bonchev–Trinajstić information content (AvgIpc) is 3.20. The van der Waals surface area contributed by atoms with Crippen LogP contribution in [0.3, 0.4) is 0 Å². The second kappa shape index (κ2) is 8.81. The van der Waals surface area contributed by atoms with Crippen LogP contribution in [0.15, 0.2) is 41.3 Å². The van der Waals surface area contributed by atoms with Gasteiger partial charge in [0, 0.05) is 24.7 Å². The molecule has 1 aliphatic rings. The molecule has 4 rings (SSSR count). The van der Waals surface area contributed by atoms with Gasteiger partial charge in [0.15, 0.2) is 5.13 Å². The van der Waals surface area contributed by atoms with Crippen LogP contribution in [0.1, 0.15) is 29.6 Å². The molecule has 1 saturated heterocycles. The number of benzene rings is 2. The van der Waals surface area contributed by atoms with Gasteiger partial charge >= 0.3 is 0 Å². The molecular weight excluding hydrogens is 438 g/mol. The van der Waals surface area contributed by atoms with Gasteiger partial charge in [-0.1, -0.05) is 17.8 Å². The smallest absolute Gasteiger partial charge is 0.257 e. The number of hydrogen-bond acceptors (Lipinski definition) is 7. The van der Waals surface area contributed by atoms with E-state index in [9.17, 15) is 13.2 Å². The van der Waals surface area contributed by atoms with Crippen LogP contribution in [0.2, 0.25) is 0 Å². The fraction of sp³-hybridized carbons (Fsp3) is 0.333. The molecule has 1 fully saturated rings. The summed E-state index contributed by atoms with van der Waals surface area (Å²) in [6, 6.07) is 9.76. The first-order valence-corrected chi connectivity index (χ1v) is 12.1. The van der Waals surface area contributed by atoms with Crippen molar-refractivity contribution < 1.29 is 22.7 Å². The normalized spacial score (nSPS) is 15.0. The van der Waals surface area contributed by atoms with E-state index in [1.807, 2.05) is 0 Å². The third-order valence-electron chi connectivity index (χ3n) is 5.15. The van der Waals surface area contributed by atoms with Gasteiger partial charge < -0.3 is 9.47 Å². The Bertz CT molecular complexity index is 1190. The van der Waals surface area contributed by atoms with Gasteiger partial charge in [-0.25, -0.2) is 13.4 Å². The SMILES string of the molecule is COc1cc(OC)cc(C(=O)Nc2nc3ccc(S(=O)(=O)N4CCCCC4)cc3s2)c1. The van der Waals surface area contributed by atoms with Gasteiger partial charge in [0.25, 0.3) is 5.91 Å². The number of anilines is 1. The monoisotopic (exact) mass is 461 g/mol. The fourth-order valence-electron chi connectivity index (χ4n) is 3.48. The molecule has 0 bridgehead atoms. The van der Waals surface area contributed by atoms with Crippen molar-refractivity contribution in [2.45, 2.75) is 24.2 Å². The molecule has 2 aromatic carbocycles. The minimum absolute atomic E-state index is 0.251. The number of amides is 1. The van der Waals surface area contributed by atoms with Crippen LogP contribution in [-0.4, -0.2) is 50.9 Å². The van der Waals surface area contributed by atoms with E-state index in [2.05, 4.69) is 10.3 Å². The molecule has 0 spiro atoms. The number of nitrogens with zero attached hydrogens (tertiary/aromatic N) is 2. The number of nitrogens with one attached hydrogen (secondary N) is 1. The molecule has 1 aromatic heterocycles. The molecule has 0 saturated carbocycles. The number of carbonyl (C=O) groups excluding carboxylic acids is 1. The lowest BCUT2D eigenvalue weighted by molar-refractivity contribution is 0.102. The van der Waals surface area contributed by atoms with Crippen LogP contribution in [0.25, 0.3) is 10.2 Å². The molecule has 0 aliphatic carbocycles. The number of rotatable bonds is 6. The third kappa shape index (κ3) is 4.51. The minimum Gasteiger partial charge on any atom is -0.497 e. The topological polar surface area (TPSA) is 97.8 Å². The van der Waals surface area contributed by atoms with Crippen molar-refractivity contribution >= 4 is 42.6 Å². The summed E-state index contributed by atoms with van der Waals surface area (Å²) in [4.78, 5) is 17.4. The van der Waals surface area contributed by atoms with Crippen LogP contribution in [0, 0.1) is 0 Å². The Morgan fingerprint density at radius 2 is 1.71 bits per heavy atom. The van der Waals surface area contributed by atoms with Gasteiger partial charge in [0.2, 0.25) is 10.0 Å². The van der Waals surface area contributed by atoms with Crippen molar-refractivity contribution in [2.75, 3.05) is 32.6 Å². The van der Waals surface area contributed by atoms with Crippen molar-refractivity contribution in [1.29, 1.82) is 0 Å². The minimum atomic E-state index is -3.53. The summed E-state index contributed by atoms with van der Waals surface area (Å²) in [7, 11) is -0.502. The van der Waals surface area contributed by atoms with Crippen molar-refractivity contribution in [3.05, 3.63) is 42.0 Å². The highest BCUT2D eigenvalue weighted by Crippen LogP contribution is 2.31. The summed E-state index contributed by atoms with van der Waals surface area (Å²) in [5.41, 5.74) is 0.991. The summed E-state index contributed by atoms with van der Waals surface area (Å²) >= 11 is 1.23. The first kappa shape index (κ1) is 21.5. The Kier molecular flexibility index (Phi) is 6.12. The van der Waals surface area contributed by atoms with Gasteiger partial charge in [-0.3, -0.25) is 10.1 Å². The van der Waals surface area contributed by atoms with Gasteiger partial charge in [-0.15, -0.1) is 0 Å². The molecule has 3 aromatic rings. The highest BCUT2D eigenvalue weighted by atomic mass is 32.2. The molecule has 1 aliphatic heterocycles. The number of sulfonamides is 1. The van der Waals surface area contributed by atoms with Crippen molar-refractivity contribution in [3.8, 4) is 11.5 Å². The van der Waals surface area contributed by atoms with Gasteiger partial charge in [-0.2, -0.15) is 4.31 Å². The number of ether oxygens (including phenoxy) is 2. The molecular formula is C21H23N3O5S2. The lowest BCUT2D eigenvalue weighted by Gasteiger charge is -2.25. The molecule has 0 unspecified atom stereocenters. The van der Waals surface area contributed by atoms with Crippen molar-refractivity contribution in [1.82, 2.24) is 9.29 Å². The Labute approximate surface area is 184 Å². The van der Waals surface area contributed by atoms with Crippen LogP contribution < -0.4 is 14.8 Å². The average molecular weight is 462 g/mol. The second-order valence-corrected chi connectivity index (χ2v) is 10.1. The number of methoxy groups -OCH3 is 2. The standard InChI is InChI=1S/C21H23N3O5S2/c1-28-15-10-14(11-16(12-15)29-2)20(25)23-21-22-18-7-6-17(13-19(18)30-21)31(26,27)24-8-4-3-5-9-24/h6-7,10-13H,3-5,8-9H2,1-2H3,(H,22,23,25). The molecule has 31 heavy (non-hydrogen) atoms. The van der Waals surface area contributed by atoms with E-state index in [4.69, 9.17) is 9.47 Å². The molecule has 164 valence electrons. The quantitative estimate of drug-likeness (QED) is 0.601. The number of piperidine rings is 1. The molecule has 8 nitrogen and oxygen atoms in total. The van der Waals surface area contributed by atoms with E-state index in [1.54, 1.807) is 36.4 Å². The molecule has 1 amide bonds. The fourth-order valence-corrected chi connectivity index (χ4v) is 6.00. The van der Waals surface area contributed by atoms with E-state index in [1.165, 1.54) is 29.9 Å². The zero-order valence-electron chi connectivity index (χ0n) is 17.3. The predicted octanol–water partition coefficient (Wildman–Crippen LogP) is 3.74. The highest BCUT2D eigenvalue weighted by molar-refractivity contribution is 7.89. The van der Waals surface area contributed by atoms with Crippen molar-refractivity contribution in [2.24, 2.45) is 0 Å². The number of hydrogen-bond donors (Lipinski definition) is 1. The van der Waals surface area contributed by atoms with Crippen LogP contribution in [0.4, 0.5) is 5.13 Å². The Hall–Kier alpha value is -2.69. The largest absolute Gasteiger partial charge is 0.497 e. The molecule has 0 radical (unpaired) electrons. The van der Waals surface area contributed by atoms with E-state index in [0.717, 1.165) is 19.3 Å². The van der Waals surface area contributed by atoms with Crippen LogP contribution in [0.5, 0.6) is 11.5 Å². The number of thiazole rings is 1. The maximum absolute atomic E-state index is 12.9. The number of fused-ring (bicyclic) bond motifs is 1. The molecule has 0 atom stereocenters. The van der Waals surface area contributed by atoms with E-state index < -0.39 is 10.0 Å². The summed E-state index contributed by atoms with van der Waals surface area (Å²) in [6.07, 6.45) is 2.82.